The number of rotatable bonds is 6. The van der Waals surface area contributed by atoms with Crippen molar-refractivity contribution in [3.63, 3.8) is 0 Å². The first-order valence-electron chi connectivity index (χ1n) is 5.60. The highest BCUT2D eigenvalue weighted by Gasteiger charge is 2.15. The second kappa shape index (κ2) is 6.10. The molecule has 0 aliphatic carbocycles. The van der Waals surface area contributed by atoms with Gasteiger partial charge >= 0.3 is 0 Å². The molecule has 0 aromatic carbocycles. The minimum absolute atomic E-state index is 0.140. The molecule has 2 heterocycles. The van der Waals surface area contributed by atoms with E-state index in [4.69, 9.17) is 5.11 Å². The molecule has 0 aliphatic heterocycles. The molecule has 8 heteroatoms. The van der Waals surface area contributed by atoms with Crippen LogP contribution < -0.4 is 4.72 Å². The van der Waals surface area contributed by atoms with Gasteiger partial charge in [-0.2, -0.15) is 0 Å². The zero-order valence-electron chi connectivity index (χ0n) is 10.3. The molecule has 0 atom stereocenters. The van der Waals surface area contributed by atoms with Crippen molar-refractivity contribution in [2.45, 2.75) is 24.8 Å². The Hall–Kier alpha value is -0.800. The smallest absolute Gasteiger partial charge is 0.241 e. The molecular weight excluding hydrogens is 304 g/mol. The third kappa shape index (κ3) is 3.83. The van der Waals surface area contributed by atoms with E-state index in [1.54, 1.807) is 0 Å². The lowest BCUT2D eigenvalue weighted by Crippen LogP contribution is -2.25. The predicted molar refractivity (Wildman–Crippen MR) is 76.0 cm³/mol. The van der Waals surface area contributed by atoms with Crippen molar-refractivity contribution in [1.29, 1.82) is 0 Å². The van der Waals surface area contributed by atoms with Crippen LogP contribution in [0.15, 0.2) is 21.7 Å². The zero-order valence-corrected chi connectivity index (χ0v) is 12.7. The van der Waals surface area contributed by atoms with Crippen molar-refractivity contribution in [3.05, 3.63) is 32.4 Å². The van der Waals surface area contributed by atoms with Gasteiger partial charge in [0.1, 0.15) is 0 Å². The normalized spacial score (nSPS) is 11.9. The first-order valence-corrected chi connectivity index (χ1v) is 8.84. The van der Waals surface area contributed by atoms with Crippen molar-refractivity contribution in [2.75, 3.05) is 6.54 Å². The third-order valence-electron chi connectivity index (χ3n) is 2.39. The van der Waals surface area contributed by atoms with Crippen LogP contribution in [0.4, 0.5) is 0 Å². The minimum Gasteiger partial charge on any atom is -0.391 e. The lowest BCUT2D eigenvalue weighted by molar-refractivity contribution is 0.285. The fourth-order valence-corrected chi connectivity index (χ4v) is 4.42. The standard InChI is InChI=1S/C11H14N2O3S3/c1-8-6-18-11(13-8)2-3-12-19(15,16)10-4-9(5-14)17-7-10/h4,6-7,12,14H,2-3,5H2,1H3. The van der Waals surface area contributed by atoms with Crippen LogP contribution in [-0.4, -0.2) is 25.1 Å². The van der Waals surface area contributed by atoms with Crippen LogP contribution >= 0.6 is 22.7 Å². The van der Waals surface area contributed by atoms with Gasteiger partial charge in [0.05, 0.1) is 16.5 Å². The summed E-state index contributed by atoms with van der Waals surface area (Å²) in [5.74, 6) is 0. The molecule has 0 unspecified atom stereocenters. The largest absolute Gasteiger partial charge is 0.391 e. The zero-order chi connectivity index (χ0) is 13.9. The van der Waals surface area contributed by atoms with Crippen LogP contribution in [0, 0.1) is 6.92 Å². The number of sulfonamides is 1. The van der Waals surface area contributed by atoms with E-state index >= 15 is 0 Å². The van der Waals surface area contributed by atoms with E-state index < -0.39 is 10.0 Å². The molecule has 2 rings (SSSR count). The van der Waals surface area contributed by atoms with E-state index in [1.165, 1.54) is 34.1 Å². The lowest BCUT2D eigenvalue weighted by Gasteiger charge is -2.03. The second-order valence-corrected chi connectivity index (χ2v) is 7.64. The van der Waals surface area contributed by atoms with E-state index in [0.29, 0.717) is 17.8 Å². The molecule has 19 heavy (non-hydrogen) atoms. The van der Waals surface area contributed by atoms with Gasteiger partial charge in [-0.15, -0.1) is 22.7 Å². The van der Waals surface area contributed by atoms with Gasteiger partial charge in [-0.05, 0) is 13.0 Å². The van der Waals surface area contributed by atoms with Gasteiger partial charge in [-0.3, -0.25) is 0 Å². The Morgan fingerprint density at radius 1 is 1.37 bits per heavy atom. The summed E-state index contributed by atoms with van der Waals surface area (Å²) < 4.78 is 26.4. The quantitative estimate of drug-likeness (QED) is 0.846. The fourth-order valence-electron chi connectivity index (χ4n) is 1.48. The Bertz CT molecular complexity index is 646. The topological polar surface area (TPSA) is 79.3 Å². The molecule has 104 valence electrons. The molecule has 0 aliphatic rings. The summed E-state index contributed by atoms with van der Waals surface area (Å²) in [6, 6.07) is 1.49. The summed E-state index contributed by atoms with van der Waals surface area (Å²) in [5, 5.41) is 13.3. The monoisotopic (exact) mass is 318 g/mol. The summed E-state index contributed by atoms with van der Waals surface area (Å²) in [7, 11) is -3.49. The Labute approximate surface area is 120 Å². The van der Waals surface area contributed by atoms with E-state index in [0.717, 1.165) is 10.7 Å². The summed E-state index contributed by atoms with van der Waals surface area (Å²) in [6.07, 6.45) is 0.578. The van der Waals surface area contributed by atoms with Gasteiger partial charge in [0.25, 0.3) is 0 Å². The maximum absolute atomic E-state index is 12.0. The number of nitrogens with one attached hydrogen (secondary N) is 1. The van der Waals surface area contributed by atoms with Crippen molar-refractivity contribution in [1.82, 2.24) is 9.71 Å². The molecule has 0 fully saturated rings. The van der Waals surface area contributed by atoms with Crippen LogP contribution in [-0.2, 0) is 23.1 Å². The number of aliphatic hydroxyl groups excluding tert-OH is 1. The van der Waals surface area contributed by atoms with Crippen molar-refractivity contribution in [2.24, 2.45) is 0 Å². The summed E-state index contributed by atoms with van der Waals surface area (Å²) in [4.78, 5) is 5.11. The van der Waals surface area contributed by atoms with Crippen molar-refractivity contribution < 1.29 is 13.5 Å². The summed E-state index contributed by atoms with van der Waals surface area (Å²) in [5.41, 5.74) is 0.952. The Kier molecular flexibility index (Phi) is 4.69. The molecular formula is C11H14N2O3S3. The average Bonchev–Trinajstić information content (AvgIpc) is 2.98. The highest BCUT2D eigenvalue weighted by molar-refractivity contribution is 7.89. The van der Waals surface area contributed by atoms with E-state index in [2.05, 4.69) is 9.71 Å². The number of aryl methyl sites for hydroxylation is 1. The number of hydrogen-bond donors (Lipinski definition) is 2. The number of aliphatic hydroxyl groups is 1. The van der Waals surface area contributed by atoms with Gasteiger partial charge in [-0.25, -0.2) is 18.1 Å². The first-order chi connectivity index (χ1) is 9.01. The van der Waals surface area contributed by atoms with Crippen LogP contribution in [0.5, 0.6) is 0 Å². The van der Waals surface area contributed by atoms with Gasteiger partial charge in [0.15, 0.2) is 0 Å². The second-order valence-electron chi connectivity index (χ2n) is 3.94. The highest BCUT2D eigenvalue weighted by Crippen LogP contribution is 2.19. The molecule has 0 saturated heterocycles. The van der Waals surface area contributed by atoms with E-state index in [1.807, 2.05) is 12.3 Å². The van der Waals surface area contributed by atoms with Crippen LogP contribution in [0.3, 0.4) is 0 Å². The number of thiophene rings is 1. The molecule has 0 spiro atoms. The molecule has 0 saturated carbocycles. The lowest BCUT2D eigenvalue weighted by atomic mass is 10.4. The Balaban J connectivity index is 1.94. The summed E-state index contributed by atoms with van der Waals surface area (Å²) in [6.45, 7) is 2.09. The van der Waals surface area contributed by atoms with Crippen molar-refractivity contribution >= 4 is 32.7 Å². The molecule has 2 aromatic heterocycles. The number of hydrogen-bond acceptors (Lipinski definition) is 6. The van der Waals surface area contributed by atoms with Gasteiger partial charge < -0.3 is 5.11 Å². The highest BCUT2D eigenvalue weighted by atomic mass is 32.2. The molecule has 0 radical (unpaired) electrons. The van der Waals surface area contributed by atoms with Crippen molar-refractivity contribution in [3.8, 4) is 0 Å². The van der Waals surface area contributed by atoms with Crippen LogP contribution in [0.25, 0.3) is 0 Å². The Morgan fingerprint density at radius 2 is 2.16 bits per heavy atom. The molecule has 0 amide bonds. The molecule has 2 aromatic rings. The predicted octanol–water partition coefficient (Wildman–Crippen LogP) is 1.53. The molecule has 2 N–H and O–H groups in total. The fraction of sp³-hybridized carbons (Fsp3) is 0.364. The first kappa shape index (κ1) is 14.6. The number of aromatic nitrogens is 1. The van der Waals surface area contributed by atoms with E-state index in [-0.39, 0.29) is 11.5 Å². The maximum Gasteiger partial charge on any atom is 0.241 e. The third-order valence-corrected chi connectivity index (χ3v) is 5.93. The minimum atomic E-state index is -3.49. The van der Waals surface area contributed by atoms with Gasteiger partial charge in [0.2, 0.25) is 10.0 Å². The van der Waals surface area contributed by atoms with E-state index in [9.17, 15) is 8.42 Å². The number of thiazole rings is 1. The SMILES string of the molecule is Cc1csc(CCNS(=O)(=O)c2csc(CO)c2)n1. The average molecular weight is 318 g/mol. The van der Waals surface area contributed by atoms with Crippen LogP contribution in [0.1, 0.15) is 15.6 Å². The van der Waals surface area contributed by atoms with Crippen LogP contribution in [0.2, 0.25) is 0 Å². The molecule has 0 bridgehead atoms. The molecule has 5 nitrogen and oxygen atoms in total. The van der Waals surface area contributed by atoms with Gasteiger partial charge in [0, 0.05) is 34.3 Å². The summed E-state index contributed by atoms with van der Waals surface area (Å²) >= 11 is 2.76. The van der Waals surface area contributed by atoms with Gasteiger partial charge in [-0.1, -0.05) is 0 Å². The Morgan fingerprint density at radius 3 is 2.74 bits per heavy atom. The number of nitrogens with zero attached hydrogens (tertiary/aromatic N) is 1. The maximum atomic E-state index is 12.0.